The van der Waals surface area contributed by atoms with Crippen molar-refractivity contribution >= 4 is 34.6 Å². The standard InChI is InChI=1S/C26H36ClN3OS/c1-7-31-22-14-9-8-12-19(22)17-30(20-15-25(3,4)29-26(5,6)16-20)24(32)28-21-13-10-11-18(2)23(21)27/h8-14,20,29H,7,15-17H2,1-6H3,(H,28,32). The van der Waals surface area contributed by atoms with E-state index in [2.05, 4.69) is 55.4 Å². The van der Waals surface area contributed by atoms with Gasteiger partial charge in [-0.3, -0.25) is 0 Å². The molecule has 32 heavy (non-hydrogen) atoms. The average molecular weight is 474 g/mol. The fourth-order valence-electron chi connectivity index (χ4n) is 4.90. The molecule has 6 heteroatoms. The van der Waals surface area contributed by atoms with Crippen molar-refractivity contribution in [3.05, 3.63) is 58.6 Å². The number of rotatable bonds is 6. The van der Waals surface area contributed by atoms with Crippen molar-refractivity contribution in [1.82, 2.24) is 10.2 Å². The average Bonchev–Trinajstić information content (AvgIpc) is 2.68. The van der Waals surface area contributed by atoms with Gasteiger partial charge >= 0.3 is 0 Å². The second-order valence-corrected chi connectivity index (χ2v) is 10.8. The normalized spacial score (nSPS) is 17.6. The van der Waals surface area contributed by atoms with Crippen LogP contribution in [0.4, 0.5) is 5.69 Å². The highest BCUT2D eigenvalue weighted by atomic mass is 35.5. The Balaban J connectivity index is 1.95. The third-order valence-electron chi connectivity index (χ3n) is 5.92. The summed E-state index contributed by atoms with van der Waals surface area (Å²) in [7, 11) is 0. The van der Waals surface area contributed by atoms with Gasteiger partial charge in [0.1, 0.15) is 5.75 Å². The van der Waals surface area contributed by atoms with Gasteiger partial charge in [0.15, 0.2) is 5.11 Å². The van der Waals surface area contributed by atoms with Crippen LogP contribution in [0.5, 0.6) is 5.75 Å². The SMILES string of the molecule is CCOc1ccccc1CN(C(=S)Nc1cccc(C)c1Cl)C1CC(C)(C)NC(C)(C)C1. The van der Waals surface area contributed by atoms with Crippen LogP contribution in [0, 0.1) is 6.92 Å². The Kier molecular flexibility index (Phi) is 7.74. The third-order valence-corrected chi connectivity index (χ3v) is 6.76. The summed E-state index contributed by atoms with van der Waals surface area (Å²) in [6.07, 6.45) is 1.97. The largest absolute Gasteiger partial charge is 0.494 e. The molecule has 1 aliphatic rings. The fraction of sp³-hybridized carbons (Fsp3) is 0.500. The van der Waals surface area contributed by atoms with Crippen LogP contribution in [0.3, 0.4) is 0 Å². The molecule has 1 heterocycles. The molecule has 0 radical (unpaired) electrons. The fourth-order valence-corrected chi connectivity index (χ4v) is 5.40. The summed E-state index contributed by atoms with van der Waals surface area (Å²) in [5, 5.41) is 8.61. The Morgan fingerprint density at radius 1 is 1.12 bits per heavy atom. The molecule has 0 amide bonds. The highest BCUT2D eigenvalue weighted by Crippen LogP contribution is 2.34. The van der Waals surface area contributed by atoms with E-state index >= 15 is 0 Å². The van der Waals surface area contributed by atoms with E-state index in [-0.39, 0.29) is 17.1 Å². The summed E-state index contributed by atoms with van der Waals surface area (Å²) in [4.78, 5) is 2.32. The third kappa shape index (κ3) is 6.15. The highest BCUT2D eigenvalue weighted by Gasteiger charge is 2.40. The van der Waals surface area contributed by atoms with Gasteiger partial charge in [0.2, 0.25) is 0 Å². The molecule has 0 spiro atoms. The minimum atomic E-state index is 0.000691. The second-order valence-electron chi connectivity index (χ2n) is 9.99. The second kappa shape index (κ2) is 9.98. The van der Waals surface area contributed by atoms with E-state index in [1.807, 2.05) is 44.2 Å². The molecule has 2 aromatic carbocycles. The Morgan fingerprint density at radius 3 is 2.44 bits per heavy atom. The number of anilines is 1. The number of nitrogens with one attached hydrogen (secondary N) is 2. The van der Waals surface area contributed by atoms with Crippen LogP contribution in [0.1, 0.15) is 58.6 Å². The van der Waals surface area contributed by atoms with Gasteiger partial charge in [0.05, 0.1) is 17.3 Å². The molecule has 1 fully saturated rings. The van der Waals surface area contributed by atoms with Crippen LogP contribution < -0.4 is 15.4 Å². The number of benzene rings is 2. The topological polar surface area (TPSA) is 36.5 Å². The monoisotopic (exact) mass is 473 g/mol. The van der Waals surface area contributed by atoms with Gasteiger partial charge in [-0.15, -0.1) is 0 Å². The van der Waals surface area contributed by atoms with Gasteiger partial charge in [-0.05, 0) is 84.3 Å². The first-order chi connectivity index (χ1) is 15.0. The maximum absolute atomic E-state index is 6.57. The van der Waals surface area contributed by atoms with E-state index in [1.165, 1.54) is 0 Å². The van der Waals surface area contributed by atoms with Crippen molar-refractivity contribution in [2.75, 3.05) is 11.9 Å². The minimum Gasteiger partial charge on any atom is -0.494 e. The van der Waals surface area contributed by atoms with Crippen molar-refractivity contribution in [3.8, 4) is 5.75 Å². The lowest BCUT2D eigenvalue weighted by Gasteiger charge is -2.50. The molecule has 0 aliphatic carbocycles. The van der Waals surface area contributed by atoms with E-state index in [0.717, 1.165) is 35.4 Å². The number of nitrogens with zero attached hydrogens (tertiary/aromatic N) is 1. The number of para-hydroxylation sites is 1. The maximum atomic E-state index is 6.57. The first kappa shape index (κ1) is 24.8. The number of piperidine rings is 1. The van der Waals surface area contributed by atoms with Crippen molar-refractivity contribution in [1.29, 1.82) is 0 Å². The molecule has 0 bridgehead atoms. The Bertz CT molecular complexity index is 944. The maximum Gasteiger partial charge on any atom is 0.174 e. The Hall–Kier alpha value is -1.82. The van der Waals surface area contributed by atoms with E-state index in [4.69, 9.17) is 28.6 Å². The molecule has 174 valence electrons. The van der Waals surface area contributed by atoms with E-state index in [9.17, 15) is 0 Å². The lowest BCUT2D eigenvalue weighted by atomic mass is 9.79. The van der Waals surface area contributed by atoms with Crippen molar-refractivity contribution < 1.29 is 4.74 Å². The molecule has 0 aromatic heterocycles. The summed E-state index contributed by atoms with van der Waals surface area (Å²) < 4.78 is 5.92. The number of aryl methyl sites for hydroxylation is 1. The number of ether oxygens (including phenoxy) is 1. The van der Waals surface area contributed by atoms with Crippen molar-refractivity contribution in [2.45, 2.75) is 78.0 Å². The molecule has 0 atom stereocenters. The molecule has 0 unspecified atom stereocenters. The summed E-state index contributed by atoms with van der Waals surface area (Å²) >= 11 is 12.6. The summed E-state index contributed by atoms with van der Waals surface area (Å²) in [5.41, 5.74) is 2.99. The van der Waals surface area contributed by atoms with Crippen LogP contribution in [-0.2, 0) is 6.54 Å². The lowest BCUT2D eigenvalue weighted by molar-refractivity contribution is 0.101. The molecule has 1 saturated heterocycles. The van der Waals surface area contributed by atoms with Crippen molar-refractivity contribution in [3.63, 3.8) is 0 Å². The van der Waals surface area contributed by atoms with E-state index in [0.29, 0.717) is 23.3 Å². The quantitative estimate of drug-likeness (QED) is 0.465. The molecule has 2 aromatic rings. The zero-order valence-electron chi connectivity index (χ0n) is 20.1. The minimum absolute atomic E-state index is 0.000691. The first-order valence-corrected chi connectivity index (χ1v) is 12.1. The van der Waals surface area contributed by atoms with Gasteiger partial charge in [-0.25, -0.2) is 0 Å². The van der Waals surface area contributed by atoms with E-state index < -0.39 is 0 Å². The van der Waals surface area contributed by atoms with Crippen LogP contribution in [-0.4, -0.2) is 33.7 Å². The van der Waals surface area contributed by atoms with Crippen LogP contribution >= 0.6 is 23.8 Å². The van der Waals surface area contributed by atoms with Gasteiger partial charge in [-0.2, -0.15) is 0 Å². The lowest BCUT2D eigenvalue weighted by Crippen LogP contribution is -2.63. The molecule has 2 N–H and O–H groups in total. The van der Waals surface area contributed by atoms with Gasteiger partial charge in [0.25, 0.3) is 0 Å². The highest BCUT2D eigenvalue weighted by molar-refractivity contribution is 7.80. The molecule has 4 nitrogen and oxygen atoms in total. The number of thiocarbonyl (C=S) groups is 1. The summed E-state index contributed by atoms with van der Waals surface area (Å²) in [6.45, 7) is 14.4. The van der Waals surface area contributed by atoms with Crippen LogP contribution in [0.2, 0.25) is 5.02 Å². The van der Waals surface area contributed by atoms with E-state index in [1.54, 1.807) is 0 Å². The van der Waals surface area contributed by atoms with Crippen molar-refractivity contribution in [2.24, 2.45) is 0 Å². The number of halogens is 1. The first-order valence-electron chi connectivity index (χ1n) is 11.3. The molecule has 0 saturated carbocycles. The molecular formula is C26H36ClN3OS. The summed E-state index contributed by atoms with van der Waals surface area (Å²) in [6, 6.07) is 14.5. The molecular weight excluding hydrogens is 438 g/mol. The Labute approximate surface area is 203 Å². The van der Waals surface area contributed by atoms with Crippen LogP contribution in [0.25, 0.3) is 0 Å². The van der Waals surface area contributed by atoms with Gasteiger partial charge < -0.3 is 20.3 Å². The number of hydrogen-bond acceptors (Lipinski definition) is 3. The van der Waals surface area contributed by atoms with Crippen LogP contribution in [0.15, 0.2) is 42.5 Å². The van der Waals surface area contributed by atoms with Gasteiger partial charge in [-0.1, -0.05) is 41.9 Å². The zero-order chi connectivity index (χ0) is 23.5. The predicted molar refractivity (Wildman–Crippen MR) is 140 cm³/mol. The predicted octanol–water partition coefficient (Wildman–Crippen LogP) is 6.56. The molecule has 3 rings (SSSR count). The molecule has 1 aliphatic heterocycles. The summed E-state index contributed by atoms with van der Waals surface area (Å²) in [5.74, 6) is 0.906. The number of hydrogen-bond donors (Lipinski definition) is 2. The Morgan fingerprint density at radius 2 is 1.78 bits per heavy atom. The smallest absolute Gasteiger partial charge is 0.174 e. The zero-order valence-corrected chi connectivity index (χ0v) is 21.7. The van der Waals surface area contributed by atoms with Gasteiger partial charge in [0, 0.05) is 29.2 Å².